The zero-order valence-electron chi connectivity index (χ0n) is 12.1. The number of nitrogens with one attached hydrogen (secondary N) is 1. The van der Waals surface area contributed by atoms with E-state index in [1.807, 2.05) is 26.0 Å². The van der Waals surface area contributed by atoms with Crippen LogP contribution >= 0.6 is 0 Å². The van der Waals surface area contributed by atoms with E-state index in [4.69, 9.17) is 5.73 Å². The van der Waals surface area contributed by atoms with Crippen LogP contribution in [0.25, 0.3) is 0 Å². The molecule has 20 heavy (non-hydrogen) atoms. The minimum absolute atomic E-state index is 0.0192. The Morgan fingerprint density at radius 1 is 1.45 bits per heavy atom. The van der Waals surface area contributed by atoms with E-state index >= 15 is 0 Å². The van der Waals surface area contributed by atoms with Gasteiger partial charge in [0, 0.05) is 24.5 Å². The summed E-state index contributed by atoms with van der Waals surface area (Å²) < 4.78 is 0. The Hall–Kier alpha value is -1.59. The van der Waals surface area contributed by atoms with E-state index in [0.717, 1.165) is 37.2 Å². The highest BCUT2D eigenvalue weighted by molar-refractivity contribution is 5.95. The summed E-state index contributed by atoms with van der Waals surface area (Å²) in [5.41, 5.74) is 8.15. The van der Waals surface area contributed by atoms with Gasteiger partial charge in [-0.25, -0.2) is 0 Å². The zero-order chi connectivity index (χ0) is 14.7. The van der Waals surface area contributed by atoms with Crippen LogP contribution < -0.4 is 11.1 Å². The predicted molar refractivity (Wildman–Crippen MR) is 80.5 cm³/mol. The van der Waals surface area contributed by atoms with Crippen LogP contribution in [-0.2, 0) is 4.79 Å². The molecule has 0 bridgehead atoms. The molecule has 110 valence electrons. The van der Waals surface area contributed by atoms with E-state index in [1.165, 1.54) is 0 Å². The minimum Gasteiger partial charge on any atom is -0.399 e. The fraction of sp³-hybridized carbons (Fsp3) is 0.533. The number of aliphatic hydroxyl groups is 1. The fourth-order valence-electron chi connectivity index (χ4n) is 2.50. The first-order chi connectivity index (χ1) is 9.47. The summed E-state index contributed by atoms with van der Waals surface area (Å²) in [4.78, 5) is 14.4. The number of nitrogens with zero attached hydrogens (tertiary/aromatic N) is 1. The lowest BCUT2D eigenvalue weighted by Crippen LogP contribution is -2.47. The molecular weight excluding hydrogens is 254 g/mol. The third-order valence-electron chi connectivity index (χ3n) is 3.93. The highest BCUT2D eigenvalue weighted by Gasteiger charge is 2.25. The zero-order valence-corrected chi connectivity index (χ0v) is 12.1. The topological polar surface area (TPSA) is 78.6 Å². The molecule has 0 spiro atoms. The molecule has 1 heterocycles. The van der Waals surface area contributed by atoms with Gasteiger partial charge in [-0.15, -0.1) is 0 Å². The smallest absolute Gasteiger partial charge is 0.241 e. The monoisotopic (exact) mass is 277 g/mol. The number of benzene rings is 1. The summed E-state index contributed by atoms with van der Waals surface area (Å²) in [5.74, 6) is -0.0192. The molecule has 5 heteroatoms. The number of aryl methyl sites for hydroxylation is 1. The van der Waals surface area contributed by atoms with E-state index in [-0.39, 0.29) is 18.1 Å². The molecule has 0 aromatic heterocycles. The van der Waals surface area contributed by atoms with Crippen molar-refractivity contribution in [2.75, 3.05) is 24.1 Å². The maximum atomic E-state index is 12.3. The first-order valence-electron chi connectivity index (χ1n) is 7.06. The maximum absolute atomic E-state index is 12.3. The lowest BCUT2D eigenvalue weighted by Gasteiger charge is -2.33. The standard InChI is InChI=1S/C15H23N3O2/c1-10-9-12(16)3-4-14(10)17-15(20)11(2)18-7-5-13(19)6-8-18/h3-4,9,11,13,19H,5-8,16H2,1-2H3,(H,17,20). The molecule has 1 aliphatic heterocycles. The van der Waals surface area contributed by atoms with Gasteiger partial charge in [0.05, 0.1) is 12.1 Å². The molecule has 5 nitrogen and oxygen atoms in total. The number of nitrogens with two attached hydrogens (primary N) is 1. The molecular formula is C15H23N3O2. The number of carbonyl (C=O) groups is 1. The minimum atomic E-state index is -0.221. The number of carbonyl (C=O) groups excluding carboxylic acids is 1. The number of aliphatic hydroxyl groups excluding tert-OH is 1. The Kier molecular flexibility index (Phi) is 4.62. The number of anilines is 2. The van der Waals surface area contributed by atoms with Crippen LogP contribution in [-0.4, -0.2) is 41.1 Å². The van der Waals surface area contributed by atoms with Gasteiger partial charge in [0.1, 0.15) is 0 Å². The Morgan fingerprint density at radius 3 is 2.70 bits per heavy atom. The summed E-state index contributed by atoms with van der Waals surface area (Å²) in [6, 6.07) is 5.26. The van der Waals surface area contributed by atoms with E-state index in [1.54, 1.807) is 6.07 Å². The van der Waals surface area contributed by atoms with Crippen LogP contribution in [0.5, 0.6) is 0 Å². The van der Waals surface area contributed by atoms with Crippen LogP contribution in [0.3, 0.4) is 0 Å². The second-order valence-corrected chi connectivity index (χ2v) is 5.51. The van der Waals surface area contributed by atoms with Gasteiger partial charge in [-0.2, -0.15) is 0 Å². The van der Waals surface area contributed by atoms with Crippen molar-refractivity contribution >= 4 is 17.3 Å². The van der Waals surface area contributed by atoms with Gasteiger partial charge in [0.25, 0.3) is 0 Å². The molecule has 1 fully saturated rings. The molecule has 2 rings (SSSR count). The van der Waals surface area contributed by atoms with Crippen molar-refractivity contribution in [2.45, 2.75) is 38.8 Å². The summed E-state index contributed by atoms with van der Waals surface area (Å²) in [7, 11) is 0. The summed E-state index contributed by atoms with van der Waals surface area (Å²) in [6.07, 6.45) is 1.25. The average Bonchev–Trinajstić information content (AvgIpc) is 2.42. The molecule has 1 aromatic carbocycles. The van der Waals surface area contributed by atoms with Crippen LogP contribution in [0.1, 0.15) is 25.3 Å². The van der Waals surface area contributed by atoms with Crippen LogP contribution in [0.2, 0.25) is 0 Å². The van der Waals surface area contributed by atoms with Crippen molar-refractivity contribution in [3.8, 4) is 0 Å². The van der Waals surface area contributed by atoms with Crippen LogP contribution in [0, 0.1) is 6.92 Å². The Balaban J connectivity index is 1.97. The highest BCUT2D eigenvalue weighted by Crippen LogP contribution is 2.19. The predicted octanol–water partition coefficient (Wildman–Crippen LogP) is 1.36. The number of likely N-dealkylation sites (tertiary alicyclic amines) is 1. The largest absolute Gasteiger partial charge is 0.399 e. The molecule has 0 saturated carbocycles. The molecule has 4 N–H and O–H groups in total. The van der Waals surface area contributed by atoms with Crippen molar-refractivity contribution in [3.05, 3.63) is 23.8 Å². The quantitative estimate of drug-likeness (QED) is 0.729. The second-order valence-electron chi connectivity index (χ2n) is 5.51. The number of hydrogen-bond acceptors (Lipinski definition) is 4. The molecule has 1 amide bonds. The molecule has 1 unspecified atom stereocenters. The van der Waals surface area contributed by atoms with E-state index < -0.39 is 0 Å². The SMILES string of the molecule is Cc1cc(N)ccc1NC(=O)C(C)N1CCC(O)CC1. The van der Waals surface area contributed by atoms with Gasteiger partial charge < -0.3 is 16.2 Å². The molecule has 1 aliphatic rings. The fourth-order valence-corrected chi connectivity index (χ4v) is 2.50. The lowest BCUT2D eigenvalue weighted by atomic mass is 10.1. The first-order valence-corrected chi connectivity index (χ1v) is 7.06. The molecule has 1 saturated heterocycles. The van der Waals surface area contributed by atoms with Crippen LogP contribution in [0.4, 0.5) is 11.4 Å². The Bertz CT molecular complexity index is 482. The van der Waals surface area contributed by atoms with Crippen molar-refractivity contribution in [1.29, 1.82) is 0 Å². The summed E-state index contributed by atoms with van der Waals surface area (Å²) in [5, 5.41) is 12.5. The van der Waals surface area contributed by atoms with Crippen LogP contribution in [0.15, 0.2) is 18.2 Å². The molecule has 1 aromatic rings. The first kappa shape index (κ1) is 14.8. The lowest BCUT2D eigenvalue weighted by molar-refractivity contribution is -0.121. The number of piperidine rings is 1. The van der Waals surface area contributed by atoms with E-state index in [0.29, 0.717) is 5.69 Å². The maximum Gasteiger partial charge on any atom is 0.241 e. The van der Waals surface area contributed by atoms with Gasteiger partial charge in [-0.3, -0.25) is 9.69 Å². The highest BCUT2D eigenvalue weighted by atomic mass is 16.3. The number of rotatable bonds is 3. The average molecular weight is 277 g/mol. The van der Waals surface area contributed by atoms with Gasteiger partial charge >= 0.3 is 0 Å². The van der Waals surface area contributed by atoms with E-state index in [2.05, 4.69) is 10.2 Å². The number of amides is 1. The van der Waals surface area contributed by atoms with E-state index in [9.17, 15) is 9.90 Å². The Morgan fingerprint density at radius 2 is 2.10 bits per heavy atom. The molecule has 0 radical (unpaired) electrons. The number of nitrogen functional groups attached to an aromatic ring is 1. The van der Waals surface area contributed by atoms with Crippen molar-refractivity contribution in [2.24, 2.45) is 0 Å². The van der Waals surface area contributed by atoms with Crippen molar-refractivity contribution in [3.63, 3.8) is 0 Å². The molecule has 1 atom stereocenters. The van der Waals surface area contributed by atoms with Gasteiger partial charge in [-0.1, -0.05) is 0 Å². The normalized spacial score (nSPS) is 18.8. The van der Waals surface area contributed by atoms with Gasteiger partial charge in [-0.05, 0) is 50.5 Å². The number of hydrogen-bond donors (Lipinski definition) is 3. The third-order valence-corrected chi connectivity index (χ3v) is 3.93. The van der Waals surface area contributed by atoms with Crippen molar-refractivity contribution < 1.29 is 9.90 Å². The summed E-state index contributed by atoms with van der Waals surface area (Å²) >= 11 is 0. The third kappa shape index (κ3) is 3.49. The van der Waals surface area contributed by atoms with Gasteiger partial charge in [0.2, 0.25) is 5.91 Å². The van der Waals surface area contributed by atoms with Gasteiger partial charge in [0.15, 0.2) is 0 Å². The van der Waals surface area contributed by atoms with Crippen molar-refractivity contribution in [1.82, 2.24) is 4.90 Å². The second kappa shape index (κ2) is 6.24. The molecule has 0 aliphatic carbocycles. The Labute approximate surface area is 119 Å². The summed E-state index contributed by atoms with van der Waals surface area (Å²) in [6.45, 7) is 5.35.